The van der Waals surface area contributed by atoms with Gasteiger partial charge in [-0.3, -0.25) is 0 Å². The van der Waals surface area contributed by atoms with Crippen molar-refractivity contribution in [1.29, 1.82) is 0 Å². The number of hydrogen-bond acceptors (Lipinski definition) is 3. The smallest absolute Gasteiger partial charge is 0.120 e. The number of aryl methyl sites for hydroxylation is 1. The molecule has 2 nitrogen and oxygen atoms in total. The van der Waals surface area contributed by atoms with Gasteiger partial charge in [-0.05, 0) is 49.6 Å². The molecule has 1 fully saturated rings. The summed E-state index contributed by atoms with van der Waals surface area (Å²) in [5.74, 6) is 0.943. The molecule has 1 aromatic carbocycles. The molecule has 18 heavy (non-hydrogen) atoms. The second kappa shape index (κ2) is 4.75. The maximum absolute atomic E-state index is 6.30. The molecule has 1 atom stereocenters. The van der Waals surface area contributed by atoms with Crippen LogP contribution in [0.5, 0.6) is 5.75 Å². The minimum atomic E-state index is -0.0496. The lowest BCUT2D eigenvalue weighted by atomic mass is 10.1. The third-order valence-electron chi connectivity index (χ3n) is 3.11. The summed E-state index contributed by atoms with van der Waals surface area (Å²) in [7, 11) is 0. The van der Waals surface area contributed by atoms with Crippen LogP contribution in [-0.2, 0) is 0 Å². The Labute approximate surface area is 111 Å². The molecule has 0 radical (unpaired) electrons. The van der Waals surface area contributed by atoms with Crippen molar-refractivity contribution < 1.29 is 4.74 Å². The van der Waals surface area contributed by atoms with Crippen molar-refractivity contribution in [3.05, 3.63) is 51.7 Å². The predicted octanol–water partition coefficient (Wildman–Crippen LogP) is 3.65. The van der Waals surface area contributed by atoms with Crippen LogP contribution in [0.15, 0.2) is 36.4 Å². The molecule has 1 saturated carbocycles. The molecule has 94 valence electrons. The number of thiophene rings is 1. The molecule has 0 aliphatic heterocycles. The van der Waals surface area contributed by atoms with Gasteiger partial charge in [0.25, 0.3) is 0 Å². The first-order valence-corrected chi connectivity index (χ1v) is 7.12. The molecule has 3 heteroatoms. The van der Waals surface area contributed by atoms with Crippen LogP contribution in [0.1, 0.15) is 34.2 Å². The van der Waals surface area contributed by atoms with E-state index in [0.717, 1.165) is 11.3 Å². The fourth-order valence-electron chi connectivity index (χ4n) is 1.94. The van der Waals surface area contributed by atoms with E-state index in [0.29, 0.717) is 6.10 Å². The average molecular weight is 259 g/mol. The van der Waals surface area contributed by atoms with Gasteiger partial charge < -0.3 is 10.5 Å². The summed E-state index contributed by atoms with van der Waals surface area (Å²) in [5.41, 5.74) is 7.42. The van der Waals surface area contributed by atoms with E-state index in [2.05, 4.69) is 31.2 Å². The van der Waals surface area contributed by atoms with Crippen molar-refractivity contribution in [3.8, 4) is 5.75 Å². The van der Waals surface area contributed by atoms with E-state index in [-0.39, 0.29) is 6.04 Å². The number of ether oxygens (including phenoxy) is 1. The van der Waals surface area contributed by atoms with Gasteiger partial charge in [0.15, 0.2) is 0 Å². The van der Waals surface area contributed by atoms with Crippen LogP contribution in [0, 0.1) is 6.92 Å². The lowest BCUT2D eigenvalue weighted by Gasteiger charge is -2.12. The highest BCUT2D eigenvalue weighted by Gasteiger charge is 2.23. The Balaban J connectivity index is 1.81. The van der Waals surface area contributed by atoms with Gasteiger partial charge in [-0.1, -0.05) is 12.1 Å². The summed E-state index contributed by atoms with van der Waals surface area (Å²) in [5, 5.41) is 0. The van der Waals surface area contributed by atoms with E-state index in [9.17, 15) is 0 Å². The first-order chi connectivity index (χ1) is 8.72. The van der Waals surface area contributed by atoms with Crippen LogP contribution in [0.2, 0.25) is 0 Å². The molecule has 0 saturated heterocycles. The highest BCUT2D eigenvalue weighted by Crippen LogP contribution is 2.31. The monoisotopic (exact) mass is 259 g/mol. The molecule has 0 amide bonds. The van der Waals surface area contributed by atoms with Crippen LogP contribution in [0.3, 0.4) is 0 Å². The highest BCUT2D eigenvalue weighted by molar-refractivity contribution is 7.12. The normalized spacial score (nSPS) is 16.6. The Morgan fingerprint density at radius 2 is 2.11 bits per heavy atom. The van der Waals surface area contributed by atoms with E-state index in [1.54, 1.807) is 11.3 Å². The van der Waals surface area contributed by atoms with Gasteiger partial charge >= 0.3 is 0 Å². The lowest BCUT2D eigenvalue weighted by Crippen LogP contribution is -2.10. The molecule has 2 N–H and O–H groups in total. The zero-order valence-corrected chi connectivity index (χ0v) is 11.2. The summed E-state index contributed by atoms with van der Waals surface area (Å²) < 4.78 is 5.81. The lowest BCUT2D eigenvalue weighted by molar-refractivity contribution is 0.303. The third-order valence-corrected chi connectivity index (χ3v) is 4.20. The quantitative estimate of drug-likeness (QED) is 0.909. The summed E-state index contributed by atoms with van der Waals surface area (Å²) >= 11 is 1.76. The first-order valence-electron chi connectivity index (χ1n) is 6.31. The molecule has 1 aliphatic rings. The number of rotatable bonds is 4. The Kier molecular flexibility index (Phi) is 3.10. The molecule has 2 aromatic rings. The van der Waals surface area contributed by atoms with Gasteiger partial charge in [0.05, 0.1) is 12.1 Å². The molecule has 1 unspecified atom stereocenters. The van der Waals surface area contributed by atoms with E-state index in [4.69, 9.17) is 10.5 Å². The summed E-state index contributed by atoms with van der Waals surface area (Å²) in [4.78, 5) is 2.50. The predicted molar refractivity (Wildman–Crippen MR) is 75.2 cm³/mol. The van der Waals surface area contributed by atoms with E-state index >= 15 is 0 Å². The molecular weight excluding hydrogens is 242 g/mol. The SMILES string of the molecule is Cc1ccc(C(N)c2cccc(OC3CC3)c2)s1. The topological polar surface area (TPSA) is 35.2 Å². The third kappa shape index (κ3) is 2.57. The van der Waals surface area contributed by atoms with E-state index in [1.807, 2.05) is 12.1 Å². The van der Waals surface area contributed by atoms with Crippen molar-refractivity contribution in [1.82, 2.24) is 0 Å². The Morgan fingerprint density at radius 3 is 2.78 bits per heavy atom. The fraction of sp³-hybridized carbons (Fsp3) is 0.333. The van der Waals surface area contributed by atoms with Crippen molar-refractivity contribution in [3.63, 3.8) is 0 Å². The summed E-state index contributed by atoms with van der Waals surface area (Å²) in [6, 6.07) is 12.3. The van der Waals surface area contributed by atoms with Crippen molar-refractivity contribution in [2.75, 3.05) is 0 Å². The second-order valence-corrected chi connectivity index (χ2v) is 6.14. The molecule has 0 bridgehead atoms. The van der Waals surface area contributed by atoms with Gasteiger partial charge in [-0.2, -0.15) is 0 Å². The average Bonchev–Trinajstić information content (AvgIpc) is 3.08. The summed E-state index contributed by atoms with van der Waals surface area (Å²) in [6.07, 6.45) is 2.79. The molecule has 1 aromatic heterocycles. The summed E-state index contributed by atoms with van der Waals surface area (Å²) in [6.45, 7) is 2.10. The van der Waals surface area contributed by atoms with Crippen LogP contribution >= 0.6 is 11.3 Å². The van der Waals surface area contributed by atoms with Crippen molar-refractivity contribution in [2.24, 2.45) is 5.73 Å². The fourth-order valence-corrected chi connectivity index (χ4v) is 2.85. The van der Waals surface area contributed by atoms with Gasteiger partial charge in [-0.15, -0.1) is 11.3 Å². The largest absolute Gasteiger partial charge is 0.490 e. The minimum Gasteiger partial charge on any atom is -0.490 e. The molecule has 3 rings (SSSR count). The first kappa shape index (κ1) is 11.8. The second-order valence-electron chi connectivity index (χ2n) is 4.82. The van der Waals surface area contributed by atoms with Gasteiger partial charge in [0.1, 0.15) is 5.75 Å². The zero-order valence-electron chi connectivity index (χ0n) is 10.4. The maximum atomic E-state index is 6.30. The minimum absolute atomic E-state index is 0.0496. The Hall–Kier alpha value is -1.32. The number of nitrogens with two attached hydrogens (primary N) is 1. The van der Waals surface area contributed by atoms with Crippen LogP contribution in [0.25, 0.3) is 0 Å². The van der Waals surface area contributed by atoms with Crippen LogP contribution < -0.4 is 10.5 Å². The molecule has 1 aliphatic carbocycles. The maximum Gasteiger partial charge on any atom is 0.120 e. The molecule has 1 heterocycles. The Bertz CT molecular complexity index is 545. The number of benzene rings is 1. The molecule has 0 spiro atoms. The van der Waals surface area contributed by atoms with Gasteiger partial charge in [-0.25, -0.2) is 0 Å². The number of hydrogen-bond donors (Lipinski definition) is 1. The van der Waals surface area contributed by atoms with Crippen LogP contribution in [0.4, 0.5) is 0 Å². The van der Waals surface area contributed by atoms with E-state index in [1.165, 1.54) is 22.6 Å². The Morgan fingerprint density at radius 1 is 1.28 bits per heavy atom. The standard InChI is InChI=1S/C15H17NOS/c1-10-5-8-14(18-10)15(16)11-3-2-4-13(9-11)17-12-6-7-12/h2-5,8-9,12,15H,6-7,16H2,1H3. The molecular formula is C15H17NOS. The zero-order chi connectivity index (χ0) is 12.5. The van der Waals surface area contributed by atoms with E-state index < -0.39 is 0 Å². The van der Waals surface area contributed by atoms with Crippen molar-refractivity contribution in [2.45, 2.75) is 31.9 Å². The van der Waals surface area contributed by atoms with Gasteiger partial charge in [0, 0.05) is 9.75 Å². The van der Waals surface area contributed by atoms with Crippen molar-refractivity contribution >= 4 is 11.3 Å². The van der Waals surface area contributed by atoms with Crippen LogP contribution in [-0.4, -0.2) is 6.10 Å². The van der Waals surface area contributed by atoms with Gasteiger partial charge in [0.2, 0.25) is 0 Å². The highest BCUT2D eigenvalue weighted by atomic mass is 32.1.